The van der Waals surface area contributed by atoms with Crippen molar-refractivity contribution < 1.29 is 14.3 Å². The van der Waals surface area contributed by atoms with E-state index < -0.39 is 0 Å². The lowest BCUT2D eigenvalue weighted by Crippen LogP contribution is -2.35. The van der Waals surface area contributed by atoms with Gasteiger partial charge >= 0.3 is 0 Å². The largest absolute Gasteiger partial charge is 0.370 e. The zero-order valence-corrected chi connectivity index (χ0v) is 8.53. The Hall–Kier alpha value is -0.900. The number of ether oxygens (including phenoxy) is 1. The van der Waals surface area contributed by atoms with Gasteiger partial charge in [-0.25, -0.2) is 0 Å². The highest BCUT2D eigenvalue weighted by Gasteiger charge is 2.41. The van der Waals surface area contributed by atoms with Crippen molar-refractivity contribution in [1.82, 2.24) is 4.90 Å². The van der Waals surface area contributed by atoms with Gasteiger partial charge in [-0.1, -0.05) is 6.92 Å². The molecule has 0 saturated carbocycles. The summed E-state index contributed by atoms with van der Waals surface area (Å²) < 4.78 is 5.31. The van der Waals surface area contributed by atoms with Crippen LogP contribution < -0.4 is 0 Å². The Morgan fingerprint density at radius 3 is 2.36 bits per heavy atom. The van der Waals surface area contributed by atoms with Gasteiger partial charge in [0.1, 0.15) is 0 Å². The quantitative estimate of drug-likeness (QED) is 0.490. The van der Waals surface area contributed by atoms with Gasteiger partial charge in [0.05, 0.1) is 12.2 Å². The topological polar surface area (TPSA) is 49.9 Å². The van der Waals surface area contributed by atoms with Crippen LogP contribution >= 0.6 is 0 Å². The van der Waals surface area contributed by atoms with E-state index in [0.29, 0.717) is 19.4 Å². The summed E-state index contributed by atoms with van der Waals surface area (Å²) in [7, 11) is 0. The first-order valence-corrected chi connectivity index (χ1v) is 5.08. The summed E-state index contributed by atoms with van der Waals surface area (Å²) in [5.41, 5.74) is 0. The fourth-order valence-electron chi connectivity index (χ4n) is 2.02. The van der Waals surface area contributed by atoms with Gasteiger partial charge < -0.3 is 4.74 Å². The fraction of sp³-hybridized carbons (Fsp3) is 0.800. The van der Waals surface area contributed by atoms with Crippen LogP contribution in [0.1, 0.15) is 26.7 Å². The molecule has 0 spiro atoms. The fourth-order valence-corrected chi connectivity index (χ4v) is 2.02. The number of amides is 2. The molecule has 2 heterocycles. The second kappa shape index (κ2) is 3.35. The monoisotopic (exact) mass is 197 g/mol. The molecule has 4 heteroatoms. The summed E-state index contributed by atoms with van der Waals surface area (Å²) in [6.45, 7) is 4.55. The summed E-state index contributed by atoms with van der Waals surface area (Å²) in [6.07, 6.45) is 1.29. The van der Waals surface area contributed by atoms with Gasteiger partial charge in [0, 0.05) is 25.3 Å². The molecule has 0 aromatic heterocycles. The third-order valence-corrected chi connectivity index (χ3v) is 2.94. The van der Waals surface area contributed by atoms with E-state index in [2.05, 4.69) is 0 Å². The number of carbonyl (C=O) groups excluding carboxylic acids is 2. The van der Waals surface area contributed by atoms with E-state index >= 15 is 0 Å². The molecular weight excluding hydrogens is 182 g/mol. The molecule has 14 heavy (non-hydrogen) atoms. The van der Waals surface area contributed by atoms with Crippen molar-refractivity contribution in [2.45, 2.75) is 38.9 Å². The molecule has 2 fully saturated rings. The average molecular weight is 197 g/mol. The molecule has 2 aliphatic heterocycles. The number of likely N-dealkylation sites (tertiary alicyclic amines) is 1. The van der Waals surface area contributed by atoms with Crippen LogP contribution in [0.3, 0.4) is 0 Å². The molecule has 2 saturated heterocycles. The maximum atomic E-state index is 11.3. The van der Waals surface area contributed by atoms with Gasteiger partial charge in [-0.2, -0.15) is 0 Å². The number of imide groups is 1. The van der Waals surface area contributed by atoms with E-state index in [9.17, 15) is 9.59 Å². The Bertz CT molecular complexity index is 261. The van der Waals surface area contributed by atoms with E-state index in [1.165, 1.54) is 4.90 Å². The molecule has 2 aliphatic rings. The van der Waals surface area contributed by atoms with Crippen molar-refractivity contribution in [2.24, 2.45) is 5.92 Å². The van der Waals surface area contributed by atoms with Crippen LogP contribution in [0.25, 0.3) is 0 Å². The predicted octanol–water partition coefficient (Wildman–Crippen LogP) is 0.559. The van der Waals surface area contributed by atoms with E-state index in [1.807, 2.05) is 13.8 Å². The summed E-state index contributed by atoms with van der Waals surface area (Å²) in [4.78, 5) is 24.0. The summed E-state index contributed by atoms with van der Waals surface area (Å²) in [5.74, 6) is 0.196. The highest BCUT2D eigenvalue weighted by atomic mass is 16.6. The van der Waals surface area contributed by atoms with Gasteiger partial charge in [0.15, 0.2) is 0 Å². The van der Waals surface area contributed by atoms with Crippen LogP contribution in [-0.2, 0) is 14.3 Å². The molecule has 0 aliphatic carbocycles. The Morgan fingerprint density at radius 2 is 1.93 bits per heavy atom. The van der Waals surface area contributed by atoms with E-state index in [1.54, 1.807) is 0 Å². The molecule has 4 nitrogen and oxygen atoms in total. The van der Waals surface area contributed by atoms with Crippen molar-refractivity contribution in [1.29, 1.82) is 0 Å². The molecule has 3 unspecified atom stereocenters. The van der Waals surface area contributed by atoms with Gasteiger partial charge in [-0.3, -0.25) is 14.5 Å². The first-order valence-electron chi connectivity index (χ1n) is 5.08. The Morgan fingerprint density at radius 1 is 1.43 bits per heavy atom. The lowest BCUT2D eigenvalue weighted by atomic mass is 10.1. The Labute approximate surface area is 83.2 Å². The van der Waals surface area contributed by atoms with Crippen molar-refractivity contribution in [3.05, 3.63) is 0 Å². The number of carbonyl (C=O) groups is 2. The Balaban J connectivity index is 1.90. The molecule has 78 valence electrons. The second-order valence-electron chi connectivity index (χ2n) is 4.18. The number of hydrogen-bond donors (Lipinski definition) is 0. The van der Waals surface area contributed by atoms with Crippen LogP contribution in [0.2, 0.25) is 0 Å². The standard InChI is InChI=1S/C10H15NO3/c1-6(10-7(2)14-10)5-11-8(12)3-4-9(11)13/h6-7,10H,3-5H2,1-2H3. The smallest absolute Gasteiger partial charge is 0.229 e. The Kier molecular flexibility index (Phi) is 2.31. The van der Waals surface area contributed by atoms with Crippen LogP contribution in [0.15, 0.2) is 0 Å². The zero-order chi connectivity index (χ0) is 10.3. The van der Waals surface area contributed by atoms with Crippen LogP contribution in [0.5, 0.6) is 0 Å². The van der Waals surface area contributed by atoms with E-state index in [0.717, 1.165) is 0 Å². The maximum Gasteiger partial charge on any atom is 0.229 e. The molecule has 0 N–H and O–H groups in total. The minimum absolute atomic E-state index is 0.0323. The number of nitrogens with zero attached hydrogens (tertiary/aromatic N) is 1. The zero-order valence-electron chi connectivity index (χ0n) is 8.53. The van der Waals surface area contributed by atoms with Gasteiger partial charge in [0.25, 0.3) is 0 Å². The first-order chi connectivity index (χ1) is 6.59. The average Bonchev–Trinajstić information content (AvgIpc) is 2.79. The summed E-state index contributed by atoms with van der Waals surface area (Å²) in [5, 5.41) is 0. The highest BCUT2D eigenvalue weighted by molar-refractivity contribution is 6.01. The number of hydrogen-bond acceptors (Lipinski definition) is 3. The van der Waals surface area contributed by atoms with Crippen LogP contribution in [0, 0.1) is 5.92 Å². The highest BCUT2D eigenvalue weighted by Crippen LogP contribution is 2.30. The third-order valence-electron chi connectivity index (χ3n) is 2.94. The number of epoxide rings is 1. The van der Waals surface area contributed by atoms with Crippen molar-refractivity contribution in [3.63, 3.8) is 0 Å². The van der Waals surface area contributed by atoms with Crippen molar-refractivity contribution in [2.75, 3.05) is 6.54 Å². The normalized spacial score (nSPS) is 33.7. The van der Waals surface area contributed by atoms with E-state index in [4.69, 9.17) is 4.74 Å². The minimum atomic E-state index is -0.0323. The SMILES string of the molecule is CC(CN1C(=O)CCC1=O)C1OC1C. The molecule has 2 rings (SSSR count). The van der Waals surface area contributed by atoms with E-state index in [-0.39, 0.29) is 29.9 Å². The molecule has 0 aromatic rings. The number of rotatable bonds is 3. The maximum absolute atomic E-state index is 11.3. The lowest BCUT2D eigenvalue weighted by Gasteiger charge is -2.17. The van der Waals surface area contributed by atoms with Crippen molar-refractivity contribution in [3.8, 4) is 0 Å². The predicted molar refractivity (Wildman–Crippen MR) is 49.5 cm³/mol. The third kappa shape index (κ3) is 1.66. The van der Waals surface area contributed by atoms with Crippen molar-refractivity contribution >= 4 is 11.8 Å². The summed E-state index contributed by atoms with van der Waals surface area (Å²) in [6, 6.07) is 0. The molecule has 0 aromatic carbocycles. The molecule has 3 atom stereocenters. The first kappa shape index (κ1) is 9.65. The van der Waals surface area contributed by atoms with Gasteiger partial charge in [0.2, 0.25) is 11.8 Å². The molecule has 0 radical (unpaired) electrons. The second-order valence-corrected chi connectivity index (χ2v) is 4.18. The van der Waals surface area contributed by atoms with Crippen LogP contribution in [-0.4, -0.2) is 35.5 Å². The minimum Gasteiger partial charge on any atom is -0.370 e. The molecular formula is C10H15NO3. The summed E-state index contributed by atoms with van der Waals surface area (Å²) >= 11 is 0. The van der Waals surface area contributed by atoms with Gasteiger partial charge in [-0.05, 0) is 6.92 Å². The lowest BCUT2D eigenvalue weighted by molar-refractivity contribution is -0.139. The van der Waals surface area contributed by atoms with Gasteiger partial charge in [-0.15, -0.1) is 0 Å². The molecule has 2 amide bonds. The molecule has 0 bridgehead atoms. The van der Waals surface area contributed by atoms with Crippen LogP contribution in [0.4, 0.5) is 0 Å².